The van der Waals surface area contributed by atoms with Crippen LogP contribution in [0.2, 0.25) is 0 Å². The molecule has 1 fully saturated rings. The molecular formula is C33H35N3O11. The lowest BCUT2D eigenvalue weighted by molar-refractivity contribution is -0.300. The number of aliphatic hydroxyl groups excluding tert-OH is 1. The number of esters is 3. The van der Waals surface area contributed by atoms with E-state index in [0.29, 0.717) is 0 Å². The van der Waals surface area contributed by atoms with Crippen molar-refractivity contribution in [3.8, 4) is 0 Å². The van der Waals surface area contributed by atoms with Crippen molar-refractivity contribution in [3.63, 3.8) is 0 Å². The topological polar surface area (TPSA) is 185 Å². The number of carbonyl (C=O) groups excluding carboxylic acids is 3. The Labute approximate surface area is 270 Å². The number of aliphatic hydroxyl groups is 1. The molecule has 14 heteroatoms. The molecule has 4 rings (SSSR count). The minimum atomic E-state index is -1.47. The molecule has 0 amide bonds. The summed E-state index contributed by atoms with van der Waals surface area (Å²) in [6, 6.07) is 24.3. The highest BCUT2D eigenvalue weighted by Gasteiger charge is 2.53. The van der Waals surface area contributed by atoms with Gasteiger partial charge in [-0.05, 0) is 41.9 Å². The maximum atomic E-state index is 13.4. The van der Waals surface area contributed by atoms with Crippen LogP contribution in [-0.4, -0.2) is 99.9 Å². The van der Waals surface area contributed by atoms with E-state index in [1.807, 2.05) is 0 Å². The molecule has 1 saturated heterocycles. The van der Waals surface area contributed by atoms with Crippen molar-refractivity contribution < 1.29 is 52.6 Å². The molecule has 248 valence electrons. The molecule has 0 aromatic heterocycles. The van der Waals surface area contributed by atoms with E-state index in [0.717, 1.165) is 0 Å². The lowest BCUT2D eigenvalue weighted by atomic mass is 9.97. The molecule has 1 heterocycles. The lowest BCUT2D eigenvalue weighted by Crippen LogP contribution is -2.63. The van der Waals surface area contributed by atoms with Gasteiger partial charge in [0.15, 0.2) is 24.6 Å². The Kier molecular flexibility index (Phi) is 14.2. The normalized spacial score (nSPS) is 20.4. The largest absolute Gasteiger partial charge is 0.452 e. The number of ether oxygens (including phenoxy) is 7. The van der Waals surface area contributed by atoms with Gasteiger partial charge in [-0.25, -0.2) is 14.4 Å². The summed E-state index contributed by atoms with van der Waals surface area (Å²) in [7, 11) is 0. The summed E-state index contributed by atoms with van der Waals surface area (Å²) in [6.07, 6.45) is -6.94. The third-order valence-electron chi connectivity index (χ3n) is 6.81. The van der Waals surface area contributed by atoms with Crippen LogP contribution < -0.4 is 0 Å². The molecule has 3 unspecified atom stereocenters. The molecule has 0 saturated carbocycles. The van der Waals surface area contributed by atoms with Crippen LogP contribution >= 0.6 is 0 Å². The predicted octanol–water partition coefficient (Wildman–Crippen LogP) is 3.74. The summed E-state index contributed by atoms with van der Waals surface area (Å²) in [5.74, 6) is -2.35. The SMILES string of the molecule is [N-]=[N+]=NCCOCCOCCO[C@H]1OC(CO)[C@@H](OC(=O)c2ccccc2)C(OC(=O)c2ccccc2)C1OC(=O)c1ccccc1. The Balaban J connectivity index is 1.56. The van der Waals surface area contributed by atoms with Crippen LogP contribution in [0.4, 0.5) is 0 Å². The van der Waals surface area contributed by atoms with Crippen LogP contribution in [0.5, 0.6) is 0 Å². The van der Waals surface area contributed by atoms with Crippen molar-refractivity contribution in [1.29, 1.82) is 0 Å². The molecular weight excluding hydrogens is 614 g/mol. The zero-order valence-electron chi connectivity index (χ0n) is 25.4. The smallest absolute Gasteiger partial charge is 0.338 e. The second-order valence-corrected chi connectivity index (χ2v) is 9.98. The van der Waals surface area contributed by atoms with Gasteiger partial charge in [0.05, 0.1) is 56.3 Å². The van der Waals surface area contributed by atoms with Gasteiger partial charge >= 0.3 is 17.9 Å². The number of azide groups is 1. The van der Waals surface area contributed by atoms with Crippen LogP contribution in [0.25, 0.3) is 10.4 Å². The second kappa shape index (κ2) is 19.0. The van der Waals surface area contributed by atoms with Crippen molar-refractivity contribution in [2.24, 2.45) is 5.11 Å². The average Bonchev–Trinajstić information content (AvgIpc) is 3.11. The molecule has 0 bridgehead atoms. The maximum absolute atomic E-state index is 13.4. The number of nitrogens with zero attached hydrogens (tertiary/aromatic N) is 3. The van der Waals surface area contributed by atoms with Gasteiger partial charge in [0, 0.05) is 11.5 Å². The van der Waals surface area contributed by atoms with Crippen LogP contribution in [-0.2, 0) is 33.2 Å². The molecule has 1 aliphatic rings. The first-order chi connectivity index (χ1) is 23.0. The summed E-state index contributed by atoms with van der Waals surface area (Å²) in [5.41, 5.74) is 8.90. The Morgan fingerprint density at radius 1 is 0.660 bits per heavy atom. The van der Waals surface area contributed by atoms with E-state index in [1.54, 1.807) is 66.7 Å². The Hall–Kier alpha value is -4.82. The second-order valence-electron chi connectivity index (χ2n) is 9.98. The third kappa shape index (κ3) is 10.6. The minimum absolute atomic E-state index is 0.0608. The van der Waals surface area contributed by atoms with Crippen LogP contribution in [0.3, 0.4) is 0 Å². The maximum Gasteiger partial charge on any atom is 0.338 e. The molecule has 0 radical (unpaired) electrons. The van der Waals surface area contributed by atoms with E-state index < -0.39 is 55.2 Å². The zero-order chi connectivity index (χ0) is 33.3. The summed E-state index contributed by atoms with van der Waals surface area (Å²) in [5, 5.41) is 13.7. The molecule has 1 aliphatic heterocycles. The van der Waals surface area contributed by atoms with Gasteiger partial charge in [0.2, 0.25) is 0 Å². The fourth-order valence-corrected chi connectivity index (χ4v) is 4.55. The molecule has 0 spiro atoms. The number of rotatable bonds is 17. The molecule has 14 nitrogen and oxygen atoms in total. The molecule has 0 aliphatic carbocycles. The summed E-state index contributed by atoms with van der Waals surface area (Å²) >= 11 is 0. The van der Waals surface area contributed by atoms with Gasteiger partial charge in [-0.3, -0.25) is 0 Å². The minimum Gasteiger partial charge on any atom is -0.452 e. The first-order valence-corrected chi connectivity index (χ1v) is 14.8. The lowest BCUT2D eigenvalue weighted by Gasteiger charge is -2.44. The predicted molar refractivity (Wildman–Crippen MR) is 164 cm³/mol. The highest BCUT2D eigenvalue weighted by Crippen LogP contribution is 2.31. The fraction of sp³-hybridized carbons (Fsp3) is 0.364. The Morgan fingerprint density at radius 3 is 1.60 bits per heavy atom. The van der Waals surface area contributed by atoms with E-state index >= 15 is 0 Å². The van der Waals surface area contributed by atoms with Gasteiger partial charge < -0.3 is 38.3 Å². The number of carbonyl (C=O) groups is 3. The van der Waals surface area contributed by atoms with Crippen molar-refractivity contribution in [2.75, 3.05) is 46.2 Å². The summed E-state index contributed by atoms with van der Waals surface area (Å²) in [6.45, 7) is 0.261. The third-order valence-corrected chi connectivity index (χ3v) is 6.81. The molecule has 3 aromatic rings. The van der Waals surface area contributed by atoms with E-state index in [-0.39, 0.29) is 56.3 Å². The van der Waals surface area contributed by atoms with Gasteiger partial charge in [0.25, 0.3) is 0 Å². The van der Waals surface area contributed by atoms with Gasteiger partial charge in [-0.1, -0.05) is 59.7 Å². The quantitative estimate of drug-likeness (QED) is 0.0561. The van der Waals surface area contributed by atoms with E-state index in [9.17, 15) is 19.5 Å². The Bertz CT molecular complexity index is 1460. The summed E-state index contributed by atoms with van der Waals surface area (Å²) in [4.78, 5) is 42.5. The number of hydrogen-bond acceptors (Lipinski definition) is 12. The average molecular weight is 650 g/mol. The monoisotopic (exact) mass is 649 g/mol. The Morgan fingerprint density at radius 2 is 1.11 bits per heavy atom. The first kappa shape index (κ1) is 35.0. The molecule has 47 heavy (non-hydrogen) atoms. The first-order valence-electron chi connectivity index (χ1n) is 14.8. The highest BCUT2D eigenvalue weighted by molar-refractivity contribution is 5.91. The zero-order valence-corrected chi connectivity index (χ0v) is 25.4. The van der Waals surface area contributed by atoms with Gasteiger partial charge in [-0.2, -0.15) is 0 Å². The number of benzene rings is 3. The summed E-state index contributed by atoms with van der Waals surface area (Å²) < 4.78 is 40.3. The molecule has 1 N–H and O–H groups in total. The van der Waals surface area contributed by atoms with E-state index in [1.165, 1.54) is 24.3 Å². The molecule has 3 aromatic carbocycles. The number of hydrogen-bond donors (Lipinski definition) is 1. The van der Waals surface area contributed by atoms with Crippen LogP contribution in [0.1, 0.15) is 31.1 Å². The van der Waals surface area contributed by atoms with E-state index in [4.69, 9.17) is 38.7 Å². The van der Waals surface area contributed by atoms with Crippen LogP contribution in [0, 0.1) is 0 Å². The fourth-order valence-electron chi connectivity index (χ4n) is 4.55. The van der Waals surface area contributed by atoms with Crippen molar-refractivity contribution in [1.82, 2.24) is 0 Å². The van der Waals surface area contributed by atoms with Gasteiger partial charge in [0.1, 0.15) is 6.10 Å². The highest BCUT2D eigenvalue weighted by atomic mass is 16.7. The standard InChI is InChI=1S/C33H35N3O11/c34-36-35-16-17-41-18-19-42-20-21-43-33-29(47-32(40)25-14-8-3-9-15-25)28(46-31(39)24-12-6-2-7-13-24)27(26(22-37)44-33)45-30(38)23-10-4-1-5-11-23/h1-15,26-29,33,37H,16-22H2/t26?,27-,28?,29?,33+/m1/s1. The van der Waals surface area contributed by atoms with Crippen LogP contribution in [0.15, 0.2) is 96.1 Å². The van der Waals surface area contributed by atoms with E-state index in [2.05, 4.69) is 10.0 Å². The van der Waals surface area contributed by atoms with Crippen molar-refractivity contribution in [3.05, 3.63) is 118 Å². The van der Waals surface area contributed by atoms with Crippen molar-refractivity contribution in [2.45, 2.75) is 30.7 Å². The van der Waals surface area contributed by atoms with Gasteiger partial charge in [-0.15, -0.1) is 0 Å². The van der Waals surface area contributed by atoms with Crippen molar-refractivity contribution >= 4 is 17.9 Å². The molecule has 5 atom stereocenters.